The van der Waals surface area contributed by atoms with Crippen LogP contribution in [0.3, 0.4) is 0 Å². The van der Waals surface area contributed by atoms with Gasteiger partial charge in [-0.3, -0.25) is 4.79 Å². The molecule has 0 radical (unpaired) electrons. The molecule has 0 spiro atoms. The Morgan fingerprint density at radius 1 is 1.10 bits per heavy atom. The lowest BCUT2D eigenvalue weighted by atomic mass is 10.2. The summed E-state index contributed by atoms with van der Waals surface area (Å²) in [5, 5.41) is 6.96. The van der Waals surface area contributed by atoms with E-state index in [0.717, 1.165) is 11.3 Å². The summed E-state index contributed by atoms with van der Waals surface area (Å²) in [6.07, 6.45) is 3.96. The zero-order valence-corrected chi connectivity index (χ0v) is 11.6. The molecule has 4 heteroatoms. The molecule has 0 fully saturated rings. The van der Waals surface area contributed by atoms with Crippen molar-refractivity contribution >= 4 is 17.2 Å². The third kappa shape index (κ3) is 2.81. The zero-order chi connectivity index (χ0) is 13.8. The van der Waals surface area contributed by atoms with Gasteiger partial charge in [-0.25, -0.2) is 0 Å². The maximum Gasteiger partial charge on any atom is 0.251 e. The Hall–Kier alpha value is -2.33. The van der Waals surface area contributed by atoms with Crippen LogP contribution < -0.4 is 5.32 Å². The fraction of sp³-hybridized carbons (Fsp3) is 0.0625. The molecule has 3 rings (SSSR count). The summed E-state index contributed by atoms with van der Waals surface area (Å²) in [5.74, 6) is -0.0461. The standard InChI is InChI=1S/C16H14N2OS/c19-16(17-11-13-7-10-20-12-13)14-3-5-15(6-4-14)18-8-1-2-9-18/h1-10,12H,11H2,(H,17,19). The van der Waals surface area contributed by atoms with E-state index in [1.54, 1.807) is 11.3 Å². The first-order valence-corrected chi connectivity index (χ1v) is 7.30. The van der Waals surface area contributed by atoms with E-state index in [1.165, 1.54) is 0 Å². The Morgan fingerprint density at radius 2 is 1.85 bits per heavy atom. The van der Waals surface area contributed by atoms with E-state index in [0.29, 0.717) is 12.1 Å². The molecule has 0 atom stereocenters. The van der Waals surface area contributed by atoms with Gasteiger partial charge in [-0.05, 0) is 58.8 Å². The monoisotopic (exact) mass is 282 g/mol. The van der Waals surface area contributed by atoms with Crippen LogP contribution in [0.1, 0.15) is 15.9 Å². The van der Waals surface area contributed by atoms with Gasteiger partial charge in [-0.1, -0.05) is 0 Å². The maximum atomic E-state index is 12.0. The van der Waals surface area contributed by atoms with Crippen molar-refractivity contribution in [3.05, 3.63) is 76.7 Å². The van der Waals surface area contributed by atoms with Crippen molar-refractivity contribution in [1.82, 2.24) is 9.88 Å². The number of aromatic nitrogens is 1. The van der Waals surface area contributed by atoms with Crippen LogP contribution in [-0.4, -0.2) is 10.5 Å². The molecule has 0 aliphatic rings. The fourth-order valence-corrected chi connectivity index (χ4v) is 2.64. The van der Waals surface area contributed by atoms with Gasteiger partial charge in [0.2, 0.25) is 0 Å². The molecule has 3 aromatic rings. The summed E-state index contributed by atoms with van der Waals surface area (Å²) in [5.41, 5.74) is 2.85. The molecule has 3 nitrogen and oxygen atoms in total. The predicted molar refractivity (Wildman–Crippen MR) is 81.3 cm³/mol. The number of hydrogen-bond donors (Lipinski definition) is 1. The molecule has 2 aromatic heterocycles. The molecule has 20 heavy (non-hydrogen) atoms. The minimum atomic E-state index is -0.0461. The van der Waals surface area contributed by atoms with E-state index >= 15 is 0 Å². The average molecular weight is 282 g/mol. The van der Waals surface area contributed by atoms with E-state index in [4.69, 9.17) is 0 Å². The lowest BCUT2D eigenvalue weighted by molar-refractivity contribution is 0.0951. The Morgan fingerprint density at radius 3 is 2.50 bits per heavy atom. The molecule has 100 valence electrons. The van der Waals surface area contributed by atoms with Crippen molar-refractivity contribution in [3.8, 4) is 5.69 Å². The number of benzene rings is 1. The van der Waals surface area contributed by atoms with Crippen molar-refractivity contribution in [2.75, 3.05) is 0 Å². The first-order chi connectivity index (χ1) is 9.83. The van der Waals surface area contributed by atoms with Crippen molar-refractivity contribution in [3.63, 3.8) is 0 Å². The number of thiophene rings is 1. The summed E-state index contributed by atoms with van der Waals surface area (Å²) in [6, 6.07) is 13.5. The molecular formula is C16H14N2OS. The highest BCUT2D eigenvalue weighted by molar-refractivity contribution is 7.07. The smallest absolute Gasteiger partial charge is 0.251 e. The van der Waals surface area contributed by atoms with Crippen LogP contribution in [0, 0.1) is 0 Å². The molecule has 0 aliphatic heterocycles. The van der Waals surface area contributed by atoms with Gasteiger partial charge in [-0.15, -0.1) is 0 Å². The van der Waals surface area contributed by atoms with Crippen LogP contribution in [0.15, 0.2) is 65.6 Å². The molecular weight excluding hydrogens is 268 g/mol. The second-order valence-corrected chi connectivity index (χ2v) is 5.23. The van der Waals surface area contributed by atoms with Crippen LogP contribution in [0.5, 0.6) is 0 Å². The number of hydrogen-bond acceptors (Lipinski definition) is 2. The largest absolute Gasteiger partial charge is 0.348 e. The molecule has 0 saturated carbocycles. The van der Waals surface area contributed by atoms with Gasteiger partial charge in [-0.2, -0.15) is 11.3 Å². The summed E-state index contributed by atoms with van der Waals surface area (Å²) < 4.78 is 2.01. The highest BCUT2D eigenvalue weighted by Gasteiger charge is 2.05. The number of nitrogens with one attached hydrogen (secondary N) is 1. The molecule has 0 aliphatic carbocycles. The maximum absolute atomic E-state index is 12.0. The van der Waals surface area contributed by atoms with Gasteiger partial charge in [0.1, 0.15) is 0 Å². The molecule has 0 bridgehead atoms. The second kappa shape index (κ2) is 5.75. The lowest BCUT2D eigenvalue weighted by Crippen LogP contribution is -2.22. The Balaban J connectivity index is 1.66. The minimum Gasteiger partial charge on any atom is -0.348 e. The molecule has 1 N–H and O–H groups in total. The SMILES string of the molecule is O=C(NCc1ccsc1)c1ccc(-n2cccc2)cc1. The highest BCUT2D eigenvalue weighted by Crippen LogP contribution is 2.10. The Bertz CT molecular complexity index is 670. The van der Waals surface area contributed by atoms with Crippen molar-refractivity contribution in [2.24, 2.45) is 0 Å². The summed E-state index contributed by atoms with van der Waals surface area (Å²) in [4.78, 5) is 12.0. The first kappa shape index (κ1) is 12.7. The molecule has 0 unspecified atom stereocenters. The van der Waals surface area contributed by atoms with Gasteiger partial charge in [0.15, 0.2) is 0 Å². The number of nitrogens with zero attached hydrogens (tertiary/aromatic N) is 1. The quantitative estimate of drug-likeness (QED) is 0.781. The Labute approximate surface area is 121 Å². The van der Waals surface area contributed by atoms with Crippen LogP contribution in [0.4, 0.5) is 0 Å². The van der Waals surface area contributed by atoms with Crippen LogP contribution in [-0.2, 0) is 6.54 Å². The average Bonchev–Trinajstić information content (AvgIpc) is 3.18. The van der Waals surface area contributed by atoms with E-state index in [1.807, 2.05) is 70.2 Å². The van der Waals surface area contributed by atoms with Gasteiger partial charge < -0.3 is 9.88 Å². The number of rotatable bonds is 4. The normalized spacial score (nSPS) is 10.4. The summed E-state index contributed by atoms with van der Waals surface area (Å²) in [7, 11) is 0. The van der Waals surface area contributed by atoms with Gasteiger partial charge in [0.05, 0.1) is 0 Å². The van der Waals surface area contributed by atoms with E-state index < -0.39 is 0 Å². The number of carbonyl (C=O) groups excluding carboxylic acids is 1. The minimum absolute atomic E-state index is 0.0461. The summed E-state index contributed by atoms with van der Waals surface area (Å²) >= 11 is 1.63. The molecule has 2 heterocycles. The predicted octanol–water partition coefficient (Wildman–Crippen LogP) is 3.47. The molecule has 1 aromatic carbocycles. The number of amides is 1. The first-order valence-electron chi connectivity index (χ1n) is 6.35. The zero-order valence-electron chi connectivity index (χ0n) is 10.8. The highest BCUT2D eigenvalue weighted by atomic mass is 32.1. The molecule has 1 amide bonds. The van der Waals surface area contributed by atoms with Crippen molar-refractivity contribution < 1.29 is 4.79 Å². The van der Waals surface area contributed by atoms with E-state index in [2.05, 4.69) is 5.32 Å². The van der Waals surface area contributed by atoms with Gasteiger partial charge in [0.25, 0.3) is 5.91 Å². The van der Waals surface area contributed by atoms with Crippen LogP contribution >= 0.6 is 11.3 Å². The topological polar surface area (TPSA) is 34.0 Å². The van der Waals surface area contributed by atoms with Crippen molar-refractivity contribution in [1.29, 1.82) is 0 Å². The van der Waals surface area contributed by atoms with E-state index in [-0.39, 0.29) is 5.91 Å². The van der Waals surface area contributed by atoms with Crippen molar-refractivity contribution in [2.45, 2.75) is 6.54 Å². The summed E-state index contributed by atoms with van der Waals surface area (Å²) in [6.45, 7) is 0.571. The van der Waals surface area contributed by atoms with Gasteiger partial charge in [0, 0.05) is 30.2 Å². The number of carbonyl (C=O) groups is 1. The van der Waals surface area contributed by atoms with Gasteiger partial charge >= 0.3 is 0 Å². The fourth-order valence-electron chi connectivity index (χ4n) is 1.97. The van der Waals surface area contributed by atoms with Crippen LogP contribution in [0.25, 0.3) is 5.69 Å². The van der Waals surface area contributed by atoms with Crippen LogP contribution in [0.2, 0.25) is 0 Å². The lowest BCUT2D eigenvalue weighted by Gasteiger charge is -2.06. The second-order valence-electron chi connectivity index (χ2n) is 4.45. The van der Waals surface area contributed by atoms with E-state index in [9.17, 15) is 4.79 Å². The Kier molecular flexibility index (Phi) is 3.65. The third-order valence-electron chi connectivity index (χ3n) is 3.07. The molecule has 0 saturated heterocycles. The third-order valence-corrected chi connectivity index (χ3v) is 3.80.